The maximum Gasteiger partial charge on any atom is 0.285 e. The second-order valence-electron chi connectivity index (χ2n) is 5.47. The Morgan fingerprint density at radius 1 is 1.32 bits per heavy atom. The molecule has 0 unspecified atom stereocenters. The van der Waals surface area contributed by atoms with E-state index >= 15 is 0 Å². The fourth-order valence-corrected chi connectivity index (χ4v) is 3.51. The normalized spacial score (nSPS) is 14.2. The quantitative estimate of drug-likeness (QED) is 0.847. The summed E-state index contributed by atoms with van der Waals surface area (Å²) in [6.45, 7) is 0. The molecule has 7 nitrogen and oxygen atoms in total. The third-order valence-electron chi connectivity index (χ3n) is 3.61. The van der Waals surface area contributed by atoms with Crippen LogP contribution in [0.3, 0.4) is 0 Å². The van der Waals surface area contributed by atoms with Gasteiger partial charge in [-0.15, -0.1) is 5.10 Å². The minimum absolute atomic E-state index is 0.0180. The van der Waals surface area contributed by atoms with E-state index in [4.69, 9.17) is 16.3 Å². The summed E-state index contributed by atoms with van der Waals surface area (Å²) in [5.41, 5.74) is 0.370. The van der Waals surface area contributed by atoms with Crippen molar-refractivity contribution in [2.75, 3.05) is 7.11 Å². The molecule has 1 saturated carbocycles. The molecule has 2 aromatic rings. The van der Waals surface area contributed by atoms with Gasteiger partial charge in [-0.1, -0.05) is 11.6 Å². The van der Waals surface area contributed by atoms with E-state index < -0.39 is 26.6 Å². The molecule has 1 amide bonds. The van der Waals surface area contributed by atoms with E-state index in [1.807, 2.05) is 0 Å². The van der Waals surface area contributed by atoms with Crippen molar-refractivity contribution in [3.05, 3.63) is 46.5 Å². The number of nitrogens with one attached hydrogen (secondary N) is 1. The molecule has 132 valence electrons. The average Bonchev–Trinajstić information content (AvgIpc) is 3.40. The van der Waals surface area contributed by atoms with Crippen molar-refractivity contribution in [2.24, 2.45) is 0 Å². The molecule has 0 spiro atoms. The molecule has 1 aromatic heterocycles. The Morgan fingerprint density at radius 2 is 2.04 bits per heavy atom. The van der Waals surface area contributed by atoms with E-state index in [-0.39, 0.29) is 16.6 Å². The topological polar surface area (TPSA) is 98.2 Å². The maximum absolute atomic E-state index is 13.7. The van der Waals surface area contributed by atoms with Crippen LogP contribution in [0, 0.1) is 5.82 Å². The van der Waals surface area contributed by atoms with E-state index in [1.54, 1.807) is 4.72 Å². The first-order valence-corrected chi connectivity index (χ1v) is 9.11. The minimum atomic E-state index is -4.46. The highest BCUT2D eigenvalue weighted by Crippen LogP contribution is 2.42. The predicted octanol–water partition coefficient (Wildman–Crippen LogP) is 2.27. The Balaban J connectivity index is 1.87. The highest BCUT2D eigenvalue weighted by molar-refractivity contribution is 7.90. The van der Waals surface area contributed by atoms with Crippen LogP contribution in [0.15, 0.2) is 29.2 Å². The predicted molar refractivity (Wildman–Crippen MR) is 86.6 cm³/mol. The van der Waals surface area contributed by atoms with Crippen LogP contribution in [-0.4, -0.2) is 31.6 Å². The van der Waals surface area contributed by atoms with Crippen LogP contribution in [0.5, 0.6) is 5.75 Å². The Kier molecular flexibility index (Phi) is 4.61. The van der Waals surface area contributed by atoms with Gasteiger partial charge in [-0.3, -0.25) is 4.79 Å². The Morgan fingerprint density at radius 3 is 2.68 bits per heavy atom. The van der Waals surface area contributed by atoms with E-state index in [0.717, 1.165) is 25.0 Å². The molecule has 1 aliphatic rings. The SMILES string of the molecule is COc1cc(C(=O)NS(=O)(=O)c2cc(Cl)ccc2F)nnc1C1CC1. The summed E-state index contributed by atoms with van der Waals surface area (Å²) in [5.74, 6) is -1.48. The van der Waals surface area contributed by atoms with Gasteiger partial charge in [0.25, 0.3) is 15.9 Å². The maximum atomic E-state index is 13.7. The summed E-state index contributed by atoms with van der Waals surface area (Å²) >= 11 is 5.69. The zero-order valence-corrected chi connectivity index (χ0v) is 14.6. The van der Waals surface area contributed by atoms with Crippen molar-refractivity contribution in [1.82, 2.24) is 14.9 Å². The summed E-state index contributed by atoms with van der Waals surface area (Å²) in [6.07, 6.45) is 1.91. The van der Waals surface area contributed by atoms with Crippen LogP contribution in [0.25, 0.3) is 0 Å². The standard InChI is InChI=1S/C15H13ClFN3O4S/c1-24-12-7-11(18-19-14(12)8-2-3-8)15(21)20-25(22,23)13-6-9(16)4-5-10(13)17/h4-8H,2-3H2,1H3,(H,20,21). The van der Waals surface area contributed by atoms with Crippen molar-refractivity contribution in [2.45, 2.75) is 23.7 Å². The number of carbonyl (C=O) groups excluding carboxylic acids is 1. The van der Waals surface area contributed by atoms with Crippen LogP contribution in [0.1, 0.15) is 34.9 Å². The number of methoxy groups -OCH3 is 1. The fourth-order valence-electron chi connectivity index (χ4n) is 2.21. The number of ether oxygens (including phenoxy) is 1. The first kappa shape index (κ1) is 17.6. The summed E-state index contributed by atoms with van der Waals surface area (Å²) in [4.78, 5) is 11.5. The Hall–Kier alpha value is -2.26. The monoisotopic (exact) mass is 385 g/mol. The van der Waals surface area contributed by atoms with Gasteiger partial charge in [0, 0.05) is 17.0 Å². The second kappa shape index (κ2) is 6.57. The largest absolute Gasteiger partial charge is 0.495 e. The Labute approximate surface area is 148 Å². The summed E-state index contributed by atoms with van der Waals surface area (Å²) in [7, 11) is -3.04. The molecule has 1 heterocycles. The number of hydrogen-bond donors (Lipinski definition) is 1. The zero-order chi connectivity index (χ0) is 18.2. The molecule has 1 aromatic carbocycles. The Bertz CT molecular complexity index is 948. The van der Waals surface area contributed by atoms with Crippen molar-refractivity contribution < 1.29 is 22.3 Å². The molecular weight excluding hydrogens is 373 g/mol. The zero-order valence-electron chi connectivity index (χ0n) is 13.0. The molecule has 1 fully saturated rings. The van der Waals surface area contributed by atoms with Crippen LogP contribution in [-0.2, 0) is 10.0 Å². The van der Waals surface area contributed by atoms with Gasteiger partial charge in [-0.25, -0.2) is 17.5 Å². The van der Waals surface area contributed by atoms with Crippen LogP contribution >= 0.6 is 11.6 Å². The molecule has 0 bridgehead atoms. The average molecular weight is 386 g/mol. The van der Waals surface area contributed by atoms with Gasteiger partial charge in [0.2, 0.25) is 0 Å². The van der Waals surface area contributed by atoms with Gasteiger partial charge in [-0.05, 0) is 31.0 Å². The number of benzene rings is 1. The highest BCUT2D eigenvalue weighted by atomic mass is 35.5. The van der Waals surface area contributed by atoms with Gasteiger partial charge < -0.3 is 4.74 Å². The number of hydrogen-bond acceptors (Lipinski definition) is 6. The first-order chi connectivity index (χ1) is 11.8. The third-order valence-corrected chi connectivity index (χ3v) is 5.19. The molecular formula is C15H13ClFN3O4S. The van der Waals surface area contributed by atoms with Crippen LogP contribution in [0.2, 0.25) is 5.02 Å². The van der Waals surface area contributed by atoms with Gasteiger partial charge in [-0.2, -0.15) is 5.10 Å². The number of rotatable bonds is 5. The smallest absolute Gasteiger partial charge is 0.285 e. The number of amides is 1. The van der Waals surface area contributed by atoms with E-state index in [0.29, 0.717) is 11.4 Å². The lowest BCUT2D eigenvalue weighted by atomic mass is 10.2. The fraction of sp³-hybridized carbons (Fsp3) is 0.267. The molecule has 0 radical (unpaired) electrons. The van der Waals surface area contributed by atoms with Crippen molar-refractivity contribution in [1.29, 1.82) is 0 Å². The third kappa shape index (κ3) is 3.72. The van der Waals surface area contributed by atoms with Gasteiger partial charge in [0.05, 0.1) is 7.11 Å². The van der Waals surface area contributed by atoms with Crippen molar-refractivity contribution >= 4 is 27.5 Å². The van der Waals surface area contributed by atoms with Gasteiger partial charge >= 0.3 is 0 Å². The lowest BCUT2D eigenvalue weighted by Crippen LogP contribution is -2.32. The first-order valence-electron chi connectivity index (χ1n) is 7.25. The molecule has 1 aliphatic carbocycles. The molecule has 0 atom stereocenters. The van der Waals surface area contributed by atoms with E-state index in [1.165, 1.54) is 19.2 Å². The number of carbonyl (C=O) groups is 1. The van der Waals surface area contributed by atoms with Crippen molar-refractivity contribution in [3.63, 3.8) is 0 Å². The summed E-state index contributed by atoms with van der Waals surface area (Å²) in [6, 6.07) is 4.31. The highest BCUT2D eigenvalue weighted by Gasteiger charge is 2.30. The summed E-state index contributed by atoms with van der Waals surface area (Å²) in [5, 5.41) is 7.70. The molecule has 1 N–H and O–H groups in total. The number of nitrogens with zero attached hydrogens (tertiary/aromatic N) is 2. The minimum Gasteiger partial charge on any atom is -0.495 e. The lowest BCUT2D eigenvalue weighted by Gasteiger charge is -2.10. The molecule has 0 saturated heterocycles. The van der Waals surface area contributed by atoms with Crippen LogP contribution < -0.4 is 9.46 Å². The number of sulfonamides is 1. The summed E-state index contributed by atoms with van der Waals surface area (Å²) < 4.78 is 45.1. The van der Waals surface area contributed by atoms with Crippen molar-refractivity contribution in [3.8, 4) is 5.75 Å². The van der Waals surface area contributed by atoms with Gasteiger partial charge in [0.15, 0.2) is 5.69 Å². The number of halogens is 2. The molecule has 25 heavy (non-hydrogen) atoms. The molecule has 10 heteroatoms. The number of aromatic nitrogens is 2. The van der Waals surface area contributed by atoms with Crippen LogP contribution in [0.4, 0.5) is 4.39 Å². The van der Waals surface area contributed by atoms with Gasteiger partial charge in [0.1, 0.15) is 22.2 Å². The van der Waals surface area contributed by atoms with E-state index in [2.05, 4.69) is 10.2 Å². The molecule has 0 aliphatic heterocycles. The van der Waals surface area contributed by atoms with E-state index in [9.17, 15) is 17.6 Å². The molecule has 3 rings (SSSR count). The lowest BCUT2D eigenvalue weighted by molar-refractivity contribution is 0.0975. The second-order valence-corrected chi connectivity index (χ2v) is 7.55.